The lowest BCUT2D eigenvalue weighted by atomic mass is 10.0. The summed E-state index contributed by atoms with van der Waals surface area (Å²) < 4.78 is 5.17. The monoisotopic (exact) mass is 296 g/mol. The van der Waals surface area contributed by atoms with E-state index in [-0.39, 0.29) is 4.83 Å². The van der Waals surface area contributed by atoms with Gasteiger partial charge in [-0.15, -0.1) is 0 Å². The molecule has 0 aliphatic heterocycles. The number of ketones is 1. The van der Waals surface area contributed by atoms with E-state index in [1.54, 1.807) is 7.11 Å². The highest BCUT2D eigenvalue weighted by Crippen LogP contribution is 2.33. The molecule has 1 aliphatic rings. The van der Waals surface area contributed by atoms with Gasteiger partial charge < -0.3 is 4.74 Å². The summed E-state index contributed by atoms with van der Waals surface area (Å²) >= 11 is 3.52. The van der Waals surface area contributed by atoms with Crippen molar-refractivity contribution in [1.29, 1.82) is 0 Å². The van der Waals surface area contributed by atoms with Crippen molar-refractivity contribution in [2.45, 2.75) is 30.7 Å². The van der Waals surface area contributed by atoms with E-state index >= 15 is 0 Å². The summed E-state index contributed by atoms with van der Waals surface area (Å²) in [5.41, 5.74) is 2.37. The summed E-state index contributed by atoms with van der Waals surface area (Å²) in [5, 5.41) is 0. The Balaban J connectivity index is 2.03. The van der Waals surface area contributed by atoms with Gasteiger partial charge in [-0.25, -0.2) is 0 Å². The van der Waals surface area contributed by atoms with E-state index in [0.717, 1.165) is 19.3 Å². The van der Waals surface area contributed by atoms with Gasteiger partial charge in [0.15, 0.2) is 0 Å². The molecule has 0 N–H and O–H groups in total. The Morgan fingerprint density at radius 1 is 1.41 bits per heavy atom. The summed E-state index contributed by atoms with van der Waals surface area (Å²) in [6.07, 6.45) is 2.90. The van der Waals surface area contributed by atoms with E-state index in [9.17, 15) is 4.79 Å². The van der Waals surface area contributed by atoms with Crippen molar-refractivity contribution in [1.82, 2.24) is 0 Å². The molecule has 0 heterocycles. The van der Waals surface area contributed by atoms with Crippen molar-refractivity contribution < 1.29 is 9.53 Å². The van der Waals surface area contributed by atoms with Gasteiger partial charge in [-0.3, -0.25) is 4.79 Å². The fourth-order valence-corrected chi connectivity index (χ4v) is 2.69. The van der Waals surface area contributed by atoms with Crippen molar-refractivity contribution >= 4 is 21.7 Å². The van der Waals surface area contributed by atoms with Crippen LogP contribution in [-0.2, 0) is 22.6 Å². The minimum absolute atomic E-state index is 0.0481. The van der Waals surface area contributed by atoms with Crippen LogP contribution in [0.4, 0.5) is 0 Å². The van der Waals surface area contributed by atoms with Crippen LogP contribution in [0.3, 0.4) is 0 Å². The van der Waals surface area contributed by atoms with Gasteiger partial charge in [0.25, 0.3) is 0 Å². The highest BCUT2D eigenvalue weighted by molar-refractivity contribution is 9.10. The minimum atomic E-state index is -0.0481. The maximum atomic E-state index is 11.9. The van der Waals surface area contributed by atoms with Crippen LogP contribution < -0.4 is 0 Å². The molecule has 0 bridgehead atoms. The molecule has 2 nitrogen and oxygen atoms in total. The second-order valence-electron chi connectivity index (χ2n) is 4.55. The Morgan fingerprint density at radius 3 is 2.65 bits per heavy atom. The Kier molecular flexibility index (Phi) is 4.35. The average molecular weight is 297 g/mol. The average Bonchev–Trinajstić information content (AvgIpc) is 3.15. The number of methoxy groups -OCH3 is 1. The smallest absolute Gasteiger partial charge is 0.149 e. The second-order valence-corrected chi connectivity index (χ2v) is 5.66. The van der Waals surface area contributed by atoms with Gasteiger partial charge in [0, 0.05) is 13.0 Å². The largest absolute Gasteiger partial charge is 0.380 e. The molecule has 0 spiro atoms. The van der Waals surface area contributed by atoms with Crippen molar-refractivity contribution in [2.24, 2.45) is 5.92 Å². The molecule has 1 fully saturated rings. The first kappa shape index (κ1) is 12.8. The summed E-state index contributed by atoms with van der Waals surface area (Å²) in [4.78, 5) is 11.9. The number of halogens is 1. The van der Waals surface area contributed by atoms with Crippen LogP contribution in [0.15, 0.2) is 24.3 Å². The molecular weight excluding hydrogens is 280 g/mol. The molecule has 1 atom stereocenters. The molecule has 1 saturated carbocycles. The third-order valence-corrected chi connectivity index (χ3v) is 3.88. The second kappa shape index (κ2) is 5.78. The van der Waals surface area contributed by atoms with Crippen LogP contribution in [-0.4, -0.2) is 17.7 Å². The van der Waals surface area contributed by atoms with Gasteiger partial charge >= 0.3 is 0 Å². The van der Waals surface area contributed by atoms with E-state index in [4.69, 9.17) is 4.74 Å². The topological polar surface area (TPSA) is 26.3 Å². The van der Waals surface area contributed by atoms with Gasteiger partial charge in [0.2, 0.25) is 0 Å². The van der Waals surface area contributed by atoms with Crippen LogP contribution in [0.2, 0.25) is 0 Å². The Bertz CT molecular complexity index is 399. The zero-order valence-corrected chi connectivity index (χ0v) is 11.6. The maximum absolute atomic E-state index is 11.9. The molecule has 1 unspecified atom stereocenters. The first-order valence-corrected chi connectivity index (χ1v) is 6.87. The highest BCUT2D eigenvalue weighted by Gasteiger charge is 2.33. The summed E-state index contributed by atoms with van der Waals surface area (Å²) in [7, 11) is 1.69. The van der Waals surface area contributed by atoms with Crippen LogP contribution in [0.1, 0.15) is 24.0 Å². The lowest BCUT2D eigenvalue weighted by Crippen LogP contribution is -2.19. The molecule has 3 heteroatoms. The lowest BCUT2D eigenvalue weighted by Gasteiger charge is -2.12. The quantitative estimate of drug-likeness (QED) is 0.754. The van der Waals surface area contributed by atoms with Crippen molar-refractivity contribution in [3.63, 3.8) is 0 Å². The van der Waals surface area contributed by atoms with Crippen LogP contribution in [0, 0.1) is 5.92 Å². The van der Waals surface area contributed by atoms with Crippen molar-refractivity contribution in [3.8, 4) is 0 Å². The molecule has 1 aromatic rings. The molecule has 1 aliphatic carbocycles. The number of hydrogen-bond acceptors (Lipinski definition) is 2. The molecule has 1 aromatic carbocycles. The van der Waals surface area contributed by atoms with Gasteiger partial charge in [-0.2, -0.15) is 0 Å². The fraction of sp³-hybridized carbons (Fsp3) is 0.500. The number of ether oxygens (including phenoxy) is 1. The lowest BCUT2D eigenvalue weighted by molar-refractivity contribution is -0.119. The number of rotatable bonds is 6. The molecule has 0 radical (unpaired) electrons. The Morgan fingerprint density at radius 2 is 2.06 bits per heavy atom. The molecule has 0 amide bonds. The predicted molar refractivity (Wildman–Crippen MR) is 71.3 cm³/mol. The first-order chi connectivity index (χ1) is 8.22. The number of benzene rings is 1. The summed E-state index contributed by atoms with van der Waals surface area (Å²) in [6, 6.07) is 8.14. The van der Waals surface area contributed by atoms with E-state index < -0.39 is 0 Å². The molecule has 2 rings (SSSR count). The van der Waals surface area contributed by atoms with Crippen LogP contribution >= 0.6 is 15.9 Å². The third-order valence-electron chi connectivity index (χ3n) is 3.11. The minimum Gasteiger partial charge on any atom is -0.380 e. The van der Waals surface area contributed by atoms with Crippen molar-refractivity contribution in [3.05, 3.63) is 35.4 Å². The summed E-state index contributed by atoms with van der Waals surface area (Å²) in [6.45, 7) is 0.605. The normalized spacial score (nSPS) is 16.8. The number of carbonyl (C=O) groups excluding carboxylic acids is 1. The van der Waals surface area contributed by atoms with E-state index in [0.29, 0.717) is 18.3 Å². The number of carbonyl (C=O) groups is 1. The number of hydrogen-bond donors (Lipinski definition) is 0. The first-order valence-electron chi connectivity index (χ1n) is 5.96. The van der Waals surface area contributed by atoms with Gasteiger partial charge in [0.1, 0.15) is 5.78 Å². The van der Waals surface area contributed by atoms with Crippen molar-refractivity contribution in [2.75, 3.05) is 7.11 Å². The zero-order valence-electron chi connectivity index (χ0n) is 9.99. The standard InChI is InChI=1S/C14H17BrO2/c1-17-9-12-5-3-2-4-11(12)8-13(15)14(16)10-6-7-10/h2-5,10,13H,6-9H2,1H3. The highest BCUT2D eigenvalue weighted by atomic mass is 79.9. The number of Topliss-reactive ketones (excluding diaryl/α,β-unsaturated/α-hetero) is 1. The third kappa shape index (κ3) is 3.39. The molecule has 0 saturated heterocycles. The predicted octanol–water partition coefficient (Wildman–Crippen LogP) is 3.12. The van der Waals surface area contributed by atoms with Crippen LogP contribution in [0.5, 0.6) is 0 Å². The van der Waals surface area contributed by atoms with E-state index in [2.05, 4.69) is 28.1 Å². The molecule has 0 aromatic heterocycles. The van der Waals surface area contributed by atoms with Crippen LogP contribution in [0.25, 0.3) is 0 Å². The molecule has 92 valence electrons. The maximum Gasteiger partial charge on any atom is 0.149 e. The Hall–Kier alpha value is -0.670. The van der Waals surface area contributed by atoms with E-state index in [1.807, 2.05) is 12.1 Å². The summed E-state index contributed by atoms with van der Waals surface area (Å²) in [5.74, 6) is 0.672. The fourth-order valence-electron chi connectivity index (χ4n) is 1.97. The Labute approximate surface area is 110 Å². The van der Waals surface area contributed by atoms with Gasteiger partial charge in [0.05, 0.1) is 11.4 Å². The van der Waals surface area contributed by atoms with Gasteiger partial charge in [-0.05, 0) is 30.4 Å². The zero-order chi connectivity index (χ0) is 12.3. The van der Waals surface area contributed by atoms with E-state index in [1.165, 1.54) is 11.1 Å². The molecular formula is C14H17BrO2. The molecule has 17 heavy (non-hydrogen) atoms. The number of alkyl halides is 1. The SMILES string of the molecule is COCc1ccccc1CC(Br)C(=O)C1CC1. The van der Waals surface area contributed by atoms with Gasteiger partial charge in [-0.1, -0.05) is 40.2 Å².